The zero-order valence-corrected chi connectivity index (χ0v) is 12.8. The maximum Gasteiger partial charge on any atom is 0.273 e. The van der Waals surface area contributed by atoms with E-state index in [1.807, 2.05) is 30.3 Å². The summed E-state index contributed by atoms with van der Waals surface area (Å²) in [6, 6.07) is 13.9. The van der Waals surface area contributed by atoms with E-state index in [4.69, 9.17) is 4.74 Å². The number of rotatable bonds is 7. The Balaban J connectivity index is 1.79. The standard InChI is InChI=1S/C17H18N2O4/c1-13-8-9-14(12-16(13)19(21)22)17(20)18-10-5-11-23-15-6-3-2-4-7-15/h2-4,6-9,12H,5,10-11H2,1H3,(H,18,20). The van der Waals surface area contributed by atoms with Crippen LogP contribution in [0.1, 0.15) is 22.3 Å². The Bertz CT molecular complexity index is 686. The summed E-state index contributed by atoms with van der Waals surface area (Å²) in [5.41, 5.74) is 0.763. The van der Waals surface area contributed by atoms with E-state index in [2.05, 4.69) is 5.32 Å². The number of carbonyl (C=O) groups excluding carboxylic acids is 1. The molecule has 0 saturated carbocycles. The Hall–Kier alpha value is -2.89. The van der Waals surface area contributed by atoms with Gasteiger partial charge in [-0.25, -0.2) is 0 Å². The van der Waals surface area contributed by atoms with Gasteiger partial charge in [0.2, 0.25) is 0 Å². The number of hydrogen-bond acceptors (Lipinski definition) is 4. The van der Waals surface area contributed by atoms with Crippen molar-refractivity contribution in [2.24, 2.45) is 0 Å². The van der Waals surface area contributed by atoms with Crippen LogP contribution in [0.2, 0.25) is 0 Å². The highest BCUT2D eigenvalue weighted by atomic mass is 16.6. The van der Waals surface area contributed by atoms with Gasteiger partial charge in [0.15, 0.2) is 0 Å². The predicted molar refractivity (Wildman–Crippen MR) is 86.7 cm³/mol. The zero-order chi connectivity index (χ0) is 16.7. The lowest BCUT2D eigenvalue weighted by Crippen LogP contribution is -2.25. The molecular formula is C17H18N2O4. The number of nitro groups is 1. The Morgan fingerprint density at radius 2 is 1.96 bits per heavy atom. The Kier molecular flexibility index (Phi) is 5.68. The van der Waals surface area contributed by atoms with E-state index < -0.39 is 4.92 Å². The van der Waals surface area contributed by atoms with Crippen molar-refractivity contribution in [3.05, 3.63) is 69.8 Å². The van der Waals surface area contributed by atoms with Crippen LogP contribution in [-0.2, 0) is 0 Å². The van der Waals surface area contributed by atoms with Crippen LogP contribution < -0.4 is 10.1 Å². The van der Waals surface area contributed by atoms with Gasteiger partial charge in [-0.1, -0.05) is 24.3 Å². The van der Waals surface area contributed by atoms with Crippen LogP contribution in [-0.4, -0.2) is 24.0 Å². The number of ether oxygens (including phenoxy) is 1. The molecule has 23 heavy (non-hydrogen) atoms. The van der Waals surface area contributed by atoms with E-state index in [-0.39, 0.29) is 17.2 Å². The number of benzene rings is 2. The molecule has 0 aliphatic carbocycles. The van der Waals surface area contributed by atoms with Crippen LogP contribution in [0.15, 0.2) is 48.5 Å². The van der Waals surface area contributed by atoms with E-state index in [9.17, 15) is 14.9 Å². The van der Waals surface area contributed by atoms with Crippen molar-refractivity contribution < 1.29 is 14.5 Å². The maximum atomic E-state index is 12.0. The molecule has 2 rings (SSSR count). The first-order valence-electron chi connectivity index (χ1n) is 7.29. The van der Waals surface area contributed by atoms with Crippen molar-refractivity contribution >= 4 is 11.6 Å². The molecule has 0 fully saturated rings. The monoisotopic (exact) mass is 314 g/mol. The van der Waals surface area contributed by atoms with Crippen molar-refractivity contribution in [3.63, 3.8) is 0 Å². The molecule has 2 aromatic rings. The number of aryl methyl sites for hydroxylation is 1. The fraction of sp³-hybridized carbons (Fsp3) is 0.235. The summed E-state index contributed by atoms with van der Waals surface area (Å²) in [6.45, 7) is 2.56. The van der Waals surface area contributed by atoms with Crippen LogP contribution in [0.25, 0.3) is 0 Å². The average molecular weight is 314 g/mol. The van der Waals surface area contributed by atoms with E-state index in [1.165, 1.54) is 6.07 Å². The van der Waals surface area contributed by atoms with E-state index in [0.29, 0.717) is 25.1 Å². The summed E-state index contributed by atoms with van der Waals surface area (Å²) < 4.78 is 5.52. The fourth-order valence-electron chi connectivity index (χ4n) is 2.03. The first kappa shape index (κ1) is 16.5. The summed E-state index contributed by atoms with van der Waals surface area (Å²) in [5.74, 6) is 0.459. The van der Waals surface area contributed by atoms with Gasteiger partial charge in [0, 0.05) is 23.7 Å². The third kappa shape index (κ3) is 4.81. The van der Waals surface area contributed by atoms with Gasteiger partial charge in [-0.05, 0) is 31.5 Å². The number of carbonyl (C=O) groups is 1. The highest BCUT2D eigenvalue weighted by Crippen LogP contribution is 2.19. The molecule has 6 nitrogen and oxygen atoms in total. The SMILES string of the molecule is Cc1ccc(C(=O)NCCCOc2ccccc2)cc1[N+](=O)[O-]. The molecule has 0 bridgehead atoms. The topological polar surface area (TPSA) is 81.5 Å². The molecule has 1 amide bonds. The third-order valence-electron chi connectivity index (χ3n) is 3.29. The molecule has 6 heteroatoms. The minimum Gasteiger partial charge on any atom is -0.494 e. The van der Waals surface area contributed by atoms with Crippen LogP contribution in [0.5, 0.6) is 5.75 Å². The number of nitrogens with zero attached hydrogens (tertiary/aromatic N) is 1. The molecule has 2 aromatic carbocycles. The molecule has 120 valence electrons. The Labute approximate surface area is 134 Å². The lowest BCUT2D eigenvalue weighted by atomic mass is 10.1. The average Bonchev–Trinajstić information content (AvgIpc) is 2.55. The maximum absolute atomic E-state index is 12.0. The van der Waals surface area contributed by atoms with Gasteiger partial charge in [0.25, 0.3) is 11.6 Å². The second-order valence-corrected chi connectivity index (χ2v) is 5.03. The summed E-state index contributed by atoms with van der Waals surface area (Å²) in [6.07, 6.45) is 0.647. The second kappa shape index (κ2) is 7.93. The summed E-state index contributed by atoms with van der Waals surface area (Å²) in [7, 11) is 0. The second-order valence-electron chi connectivity index (χ2n) is 5.03. The van der Waals surface area contributed by atoms with Crippen LogP contribution in [0.4, 0.5) is 5.69 Å². The van der Waals surface area contributed by atoms with Gasteiger partial charge < -0.3 is 10.1 Å². The van der Waals surface area contributed by atoms with Crippen molar-refractivity contribution in [3.8, 4) is 5.75 Å². The molecule has 1 N–H and O–H groups in total. The highest BCUT2D eigenvalue weighted by molar-refractivity contribution is 5.94. The van der Waals surface area contributed by atoms with Gasteiger partial charge in [0.1, 0.15) is 5.75 Å². The molecule has 0 aliphatic rings. The van der Waals surface area contributed by atoms with Gasteiger partial charge >= 0.3 is 0 Å². The molecule has 0 atom stereocenters. The smallest absolute Gasteiger partial charge is 0.273 e. The summed E-state index contributed by atoms with van der Waals surface area (Å²) >= 11 is 0. The lowest BCUT2D eigenvalue weighted by molar-refractivity contribution is -0.385. The van der Waals surface area contributed by atoms with Gasteiger partial charge in [-0.3, -0.25) is 14.9 Å². The molecular weight excluding hydrogens is 296 g/mol. The number of amides is 1. The number of hydrogen-bond donors (Lipinski definition) is 1. The normalized spacial score (nSPS) is 10.1. The van der Waals surface area contributed by atoms with Crippen LogP contribution in [0.3, 0.4) is 0 Å². The Morgan fingerprint density at radius 3 is 2.65 bits per heavy atom. The molecule has 0 unspecified atom stereocenters. The van der Waals surface area contributed by atoms with Gasteiger partial charge in [0.05, 0.1) is 11.5 Å². The van der Waals surface area contributed by atoms with Crippen LogP contribution >= 0.6 is 0 Å². The quantitative estimate of drug-likeness (QED) is 0.483. The first-order valence-corrected chi connectivity index (χ1v) is 7.29. The number of para-hydroxylation sites is 1. The largest absolute Gasteiger partial charge is 0.494 e. The van der Waals surface area contributed by atoms with Crippen molar-refractivity contribution in [2.45, 2.75) is 13.3 Å². The van der Waals surface area contributed by atoms with Gasteiger partial charge in [-0.15, -0.1) is 0 Å². The molecule has 0 radical (unpaired) electrons. The number of nitrogens with one attached hydrogen (secondary N) is 1. The predicted octanol–water partition coefficient (Wildman–Crippen LogP) is 3.10. The third-order valence-corrected chi connectivity index (χ3v) is 3.29. The summed E-state index contributed by atoms with van der Waals surface area (Å²) in [5, 5.41) is 13.6. The molecule has 0 saturated heterocycles. The van der Waals surface area contributed by atoms with E-state index in [0.717, 1.165) is 5.75 Å². The molecule has 0 aromatic heterocycles. The molecule has 0 aliphatic heterocycles. The summed E-state index contributed by atoms with van der Waals surface area (Å²) in [4.78, 5) is 22.4. The number of nitro benzene ring substituents is 1. The van der Waals surface area contributed by atoms with Gasteiger partial charge in [-0.2, -0.15) is 0 Å². The highest BCUT2D eigenvalue weighted by Gasteiger charge is 2.14. The molecule has 0 heterocycles. The van der Waals surface area contributed by atoms with E-state index >= 15 is 0 Å². The Morgan fingerprint density at radius 1 is 1.22 bits per heavy atom. The van der Waals surface area contributed by atoms with Crippen molar-refractivity contribution in [1.29, 1.82) is 0 Å². The first-order chi connectivity index (χ1) is 11.1. The molecule has 0 spiro atoms. The lowest BCUT2D eigenvalue weighted by Gasteiger charge is -2.08. The minimum absolute atomic E-state index is 0.0509. The zero-order valence-electron chi connectivity index (χ0n) is 12.8. The van der Waals surface area contributed by atoms with E-state index in [1.54, 1.807) is 19.1 Å². The minimum atomic E-state index is -0.486. The fourth-order valence-corrected chi connectivity index (χ4v) is 2.03. The van der Waals surface area contributed by atoms with Crippen molar-refractivity contribution in [2.75, 3.05) is 13.2 Å². The van der Waals surface area contributed by atoms with Crippen molar-refractivity contribution in [1.82, 2.24) is 5.32 Å². The van der Waals surface area contributed by atoms with Crippen LogP contribution in [0, 0.1) is 17.0 Å².